The summed E-state index contributed by atoms with van der Waals surface area (Å²) < 4.78 is 1.10. The van der Waals surface area contributed by atoms with Gasteiger partial charge in [-0.2, -0.15) is 0 Å². The van der Waals surface area contributed by atoms with Gasteiger partial charge < -0.3 is 10.4 Å². The van der Waals surface area contributed by atoms with E-state index in [1.807, 2.05) is 0 Å². The molecule has 0 amide bonds. The standard InChI is InChI=1S/C14H19BrN2O2/c15-12-3-1-11(2-4-12)9-17-8-6-13(10-17)16-7-5-14(18)19/h1-4,13,16H,5-10H2,(H,18,19). The second kappa shape index (κ2) is 7.03. The number of hydrogen-bond acceptors (Lipinski definition) is 3. The topological polar surface area (TPSA) is 52.6 Å². The predicted octanol–water partition coefficient (Wildman–Crippen LogP) is 2.09. The number of carboxylic acid groups (broad SMARTS) is 1. The molecule has 4 nitrogen and oxygen atoms in total. The number of carbonyl (C=O) groups is 1. The SMILES string of the molecule is O=C(O)CCNC1CCN(Cc2ccc(Br)cc2)C1. The lowest BCUT2D eigenvalue weighted by Crippen LogP contribution is -2.33. The lowest BCUT2D eigenvalue weighted by molar-refractivity contribution is -0.136. The Morgan fingerprint density at radius 1 is 1.42 bits per heavy atom. The zero-order valence-electron chi connectivity index (χ0n) is 10.8. The van der Waals surface area contributed by atoms with E-state index in [0.29, 0.717) is 12.6 Å². The quantitative estimate of drug-likeness (QED) is 0.840. The fraction of sp³-hybridized carbons (Fsp3) is 0.500. The van der Waals surface area contributed by atoms with Crippen LogP contribution in [0.3, 0.4) is 0 Å². The number of hydrogen-bond donors (Lipinski definition) is 2. The number of halogens is 1. The number of carboxylic acids is 1. The van der Waals surface area contributed by atoms with Crippen molar-refractivity contribution in [2.75, 3.05) is 19.6 Å². The first-order valence-electron chi connectivity index (χ1n) is 6.55. The number of nitrogens with zero attached hydrogens (tertiary/aromatic N) is 1. The van der Waals surface area contributed by atoms with E-state index in [1.54, 1.807) is 0 Å². The molecule has 1 aliphatic heterocycles. The van der Waals surface area contributed by atoms with Crippen LogP contribution in [0.15, 0.2) is 28.7 Å². The highest BCUT2D eigenvalue weighted by atomic mass is 79.9. The highest BCUT2D eigenvalue weighted by Crippen LogP contribution is 2.16. The smallest absolute Gasteiger partial charge is 0.304 e. The first kappa shape index (κ1) is 14.5. The van der Waals surface area contributed by atoms with Crippen LogP contribution in [-0.2, 0) is 11.3 Å². The monoisotopic (exact) mass is 326 g/mol. The molecule has 0 radical (unpaired) electrons. The third kappa shape index (κ3) is 4.93. The molecule has 1 fully saturated rings. The Bertz CT molecular complexity index is 422. The summed E-state index contributed by atoms with van der Waals surface area (Å²) in [5.74, 6) is -0.739. The molecule has 5 heteroatoms. The van der Waals surface area contributed by atoms with Gasteiger partial charge in [-0.25, -0.2) is 0 Å². The summed E-state index contributed by atoms with van der Waals surface area (Å²) in [5, 5.41) is 11.9. The molecule has 2 rings (SSSR count). The average Bonchev–Trinajstić information content (AvgIpc) is 2.79. The first-order valence-corrected chi connectivity index (χ1v) is 7.35. The number of rotatable bonds is 6. The lowest BCUT2D eigenvalue weighted by atomic mass is 10.2. The van der Waals surface area contributed by atoms with Crippen molar-refractivity contribution in [3.63, 3.8) is 0 Å². The Kier molecular flexibility index (Phi) is 5.36. The second-order valence-corrected chi connectivity index (χ2v) is 5.86. The minimum atomic E-state index is -0.739. The van der Waals surface area contributed by atoms with Gasteiger partial charge in [-0.05, 0) is 24.1 Å². The second-order valence-electron chi connectivity index (χ2n) is 4.95. The van der Waals surface area contributed by atoms with E-state index in [-0.39, 0.29) is 6.42 Å². The van der Waals surface area contributed by atoms with Crippen LogP contribution in [-0.4, -0.2) is 41.7 Å². The largest absolute Gasteiger partial charge is 0.481 e. The maximum atomic E-state index is 10.5. The minimum absolute atomic E-state index is 0.198. The fourth-order valence-electron chi connectivity index (χ4n) is 2.37. The molecule has 0 spiro atoms. The Balaban J connectivity index is 1.72. The van der Waals surface area contributed by atoms with Gasteiger partial charge in [0.15, 0.2) is 0 Å². The molecular weight excluding hydrogens is 308 g/mol. The zero-order valence-corrected chi connectivity index (χ0v) is 12.4. The van der Waals surface area contributed by atoms with Crippen molar-refractivity contribution in [3.05, 3.63) is 34.3 Å². The van der Waals surface area contributed by atoms with E-state index in [9.17, 15) is 4.79 Å². The Morgan fingerprint density at radius 3 is 2.84 bits per heavy atom. The third-order valence-corrected chi connectivity index (χ3v) is 3.89. The average molecular weight is 327 g/mol. The number of benzene rings is 1. The van der Waals surface area contributed by atoms with Crippen molar-refractivity contribution < 1.29 is 9.90 Å². The van der Waals surface area contributed by atoms with Crippen molar-refractivity contribution >= 4 is 21.9 Å². The molecule has 1 aromatic rings. The molecule has 1 saturated heterocycles. The van der Waals surface area contributed by atoms with Gasteiger partial charge in [0, 0.05) is 36.7 Å². The van der Waals surface area contributed by atoms with E-state index in [2.05, 4.69) is 50.4 Å². The molecule has 0 aromatic heterocycles. The van der Waals surface area contributed by atoms with Gasteiger partial charge in [0.2, 0.25) is 0 Å². The van der Waals surface area contributed by atoms with Crippen molar-refractivity contribution in [1.29, 1.82) is 0 Å². The molecule has 0 aliphatic carbocycles. The highest BCUT2D eigenvalue weighted by molar-refractivity contribution is 9.10. The Morgan fingerprint density at radius 2 is 2.16 bits per heavy atom. The van der Waals surface area contributed by atoms with Crippen LogP contribution in [0.4, 0.5) is 0 Å². The zero-order chi connectivity index (χ0) is 13.7. The molecule has 1 atom stereocenters. The van der Waals surface area contributed by atoms with Crippen LogP contribution < -0.4 is 5.32 Å². The van der Waals surface area contributed by atoms with Crippen molar-refractivity contribution in [1.82, 2.24) is 10.2 Å². The van der Waals surface area contributed by atoms with Gasteiger partial charge in [0.25, 0.3) is 0 Å². The maximum absolute atomic E-state index is 10.5. The summed E-state index contributed by atoms with van der Waals surface area (Å²) in [6.07, 6.45) is 1.29. The van der Waals surface area contributed by atoms with Crippen molar-refractivity contribution in [2.45, 2.75) is 25.4 Å². The van der Waals surface area contributed by atoms with Crippen LogP contribution in [0.5, 0.6) is 0 Å². The summed E-state index contributed by atoms with van der Waals surface area (Å²) in [6, 6.07) is 8.82. The molecule has 1 unspecified atom stereocenters. The van der Waals surface area contributed by atoms with Gasteiger partial charge in [0.05, 0.1) is 6.42 Å². The van der Waals surface area contributed by atoms with E-state index < -0.39 is 5.97 Å². The molecule has 1 aromatic carbocycles. The van der Waals surface area contributed by atoms with Gasteiger partial charge >= 0.3 is 5.97 Å². The Labute approximate surface area is 121 Å². The highest BCUT2D eigenvalue weighted by Gasteiger charge is 2.21. The number of likely N-dealkylation sites (tertiary alicyclic amines) is 1. The van der Waals surface area contributed by atoms with Gasteiger partial charge in [-0.1, -0.05) is 28.1 Å². The van der Waals surface area contributed by atoms with Crippen LogP contribution in [0.1, 0.15) is 18.4 Å². The fourth-order valence-corrected chi connectivity index (χ4v) is 2.64. The summed E-state index contributed by atoms with van der Waals surface area (Å²) >= 11 is 3.44. The van der Waals surface area contributed by atoms with E-state index >= 15 is 0 Å². The van der Waals surface area contributed by atoms with Gasteiger partial charge in [0.1, 0.15) is 0 Å². The molecule has 0 saturated carbocycles. The van der Waals surface area contributed by atoms with E-state index in [1.165, 1.54) is 5.56 Å². The van der Waals surface area contributed by atoms with Crippen LogP contribution >= 0.6 is 15.9 Å². The molecule has 0 bridgehead atoms. The van der Waals surface area contributed by atoms with Gasteiger partial charge in [-0.15, -0.1) is 0 Å². The number of nitrogens with one attached hydrogen (secondary N) is 1. The van der Waals surface area contributed by atoms with Crippen LogP contribution in [0, 0.1) is 0 Å². The molecule has 1 aliphatic rings. The minimum Gasteiger partial charge on any atom is -0.481 e. The summed E-state index contributed by atoms with van der Waals surface area (Å²) in [6.45, 7) is 3.59. The predicted molar refractivity (Wildman–Crippen MR) is 78.1 cm³/mol. The van der Waals surface area contributed by atoms with E-state index in [4.69, 9.17) is 5.11 Å². The first-order chi connectivity index (χ1) is 9.13. The van der Waals surface area contributed by atoms with Crippen molar-refractivity contribution in [2.24, 2.45) is 0 Å². The lowest BCUT2D eigenvalue weighted by Gasteiger charge is -2.16. The normalized spacial score (nSPS) is 19.7. The Hall–Kier alpha value is -0.910. The van der Waals surface area contributed by atoms with Crippen LogP contribution in [0.2, 0.25) is 0 Å². The molecule has 2 N–H and O–H groups in total. The van der Waals surface area contributed by atoms with Gasteiger partial charge in [-0.3, -0.25) is 9.69 Å². The van der Waals surface area contributed by atoms with Crippen molar-refractivity contribution in [3.8, 4) is 0 Å². The van der Waals surface area contributed by atoms with Crippen LogP contribution in [0.25, 0.3) is 0 Å². The molecule has 1 heterocycles. The maximum Gasteiger partial charge on any atom is 0.304 e. The summed E-state index contributed by atoms with van der Waals surface area (Å²) in [4.78, 5) is 12.9. The molecule has 19 heavy (non-hydrogen) atoms. The molecular formula is C14H19BrN2O2. The third-order valence-electron chi connectivity index (χ3n) is 3.36. The molecule has 104 valence electrons. The summed E-state index contributed by atoms with van der Waals surface area (Å²) in [7, 11) is 0. The number of aliphatic carboxylic acids is 1. The summed E-state index contributed by atoms with van der Waals surface area (Å²) in [5.41, 5.74) is 1.31. The van der Waals surface area contributed by atoms with E-state index in [0.717, 1.165) is 30.5 Å².